The molecule has 3 nitrogen and oxygen atoms in total. The number of fused-ring (bicyclic) bond motifs is 1. The van der Waals surface area contributed by atoms with Crippen LogP contribution in [0.4, 0.5) is 26.3 Å². The van der Waals surface area contributed by atoms with Crippen LogP contribution < -0.4 is 0 Å². The normalized spacial score (nSPS) is 27.0. The molecule has 0 N–H and O–H groups in total. The molecule has 3 rings (SSSR count). The van der Waals surface area contributed by atoms with Crippen LogP contribution in [-0.2, 0) is 13.7 Å². The average molecular weight is 434 g/mol. The topological polar surface area (TPSA) is 43.4 Å². The van der Waals surface area contributed by atoms with Gasteiger partial charge in [0.15, 0.2) is 0 Å². The smallest absolute Gasteiger partial charge is 0.196 e. The number of rotatable bonds is 3. The minimum atomic E-state index is -6.46. The van der Waals surface area contributed by atoms with Gasteiger partial charge in [-0.05, 0) is 36.5 Å². The molecular weight excluding hydrogens is 418 g/mol. The Bertz CT molecular complexity index is 854. The Hall–Kier alpha value is -1.20. The third-order valence-corrected chi connectivity index (χ3v) is 9.53. The predicted molar refractivity (Wildman–Crippen MR) is 89.0 cm³/mol. The van der Waals surface area contributed by atoms with Crippen molar-refractivity contribution in [3.05, 3.63) is 34.7 Å². The van der Waals surface area contributed by atoms with E-state index < -0.39 is 42.3 Å². The van der Waals surface area contributed by atoms with Crippen LogP contribution in [0, 0.1) is 5.92 Å². The molecule has 1 aliphatic carbocycles. The van der Waals surface area contributed by atoms with Crippen LogP contribution >= 0.6 is 10.3 Å². The van der Waals surface area contributed by atoms with E-state index in [1.807, 2.05) is 0 Å². The van der Waals surface area contributed by atoms with Crippen LogP contribution in [-0.4, -0.2) is 19.4 Å². The Morgan fingerprint density at radius 2 is 1.56 bits per heavy atom. The summed E-state index contributed by atoms with van der Waals surface area (Å²) in [5, 5.41) is 0. The molecule has 1 unspecified atom stereocenters. The third kappa shape index (κ3) is 3.38. The Balaban J connectivity index is 2.23. The second-order valence-electron chi connectivity index (χ2n) is 6.39. The van der Waals surface area contributed by atoms with E-state index in [1.54, 1.807) is 0 Å². The van der Waals surface area contributed by atoms with Gasteiger partial charge in [-0.15, -0.1) is 0 Å². The summed E-state index contributed by atoms with van der Waals surface area (Å²) in [4.78, 5) is -0.936. The van der Waals surface area contributed by atoms with Gasteiger partial charge in [0.2, 0.25) is 0 Å². The van der Waals surface area contributed by atoms with Crippen molar-refractivity contribution in [3.63, 3.8) is 0 Å². The second-order valence-corrected chi connectivity index (χ2v) is 10.8. The number of hydrogen-bond donors (Lipinski definition) is 0. The fourth-order valence-electron chi connectivity index (χ4n) is 3.51. The van der Waals surface area contributed by atoms with Crippen LogP contribution in [0.2, 0.25) is 0 Å². The highest BCUT2D eigenvalue weighted by atomic mass is 32.3. The second kappa shape index (κ2) is 6.70. The SMILES string of the molecule is O=S(=O)(OS1(C(F)(F)F)C(C2CCCCC2)=Cc2ccccc21)C(F)(F)F. The molecule has 27 heavy (non-hydrogen) atoms. The third-order valence-electron chi connectivity index (χ3n) is 4.67. The summed E-state index contributed by atoms with van der Waals surface area (Å²) in [5.74, 6) is -0.675. The van der Waals surface area contributed by atoms with E-state index in [0.29, 0.717) is 25.7 Å². The van der Waals surface area contributed by atoms with Crippen LogP contribution in [0.1, 0.15) is 37.7 Å². The van der Waals surface area contributed by atoms with Gasteiger partial charge in [-0.1, -0.05) is 37.5 Å². The van der Waals surface area contributed by atoms with Crippen LogP contribution in [0.3, 0.4) is 0 Å². The first-order valence-corrected chi connectivity index (χ1v) is 11.1. The van der Waals surface area contributed by atoms with E-state index in [-0.39, 0.29) is 10.5 Å². The van der Waals surface area contributed by atoms with E-state index in [1.165, 1.54) is 24.3 Å². The Morgan fingerprint density at radius 3 is 2.11 bits per heavy atom. The van der Waals surface area contributed by atoms with Crippen molar-refractivity contribution in [1.82, 2.24) is 0 Å². The van der Waals surface area contributed by atoms with E-state index >= 15 is 0 Å². The highest BCUT2D eigenvalue weighted by Crippen LogP contribution is 2.79. The molecular formula is C16H16F6O3S2. The lowest BCUT2D eigenvalue weighted by Crippen LogP contribution is -2.33. The molecule has 0 radical (unpaired) electrons. The van der Waals surface area contributed by atoms with Gasteiger partial charge in [-0.25, -0.2) is 0 Å². The lowest BCUT2D eigenvalue weighted by molar-refractivity contribution is -0.0547. The van der Waals surface area contributed by atoms with Crippen molar-refractivity contribution < 1.29 is 38.4 Å². The van der Waals surface area contributed by atoms with Gasteiger partial charge >= 0.3 is 21.1 Å². The van der Waals surface area contributed by atoms with E-state index in [2.05, 4.69) is 3.63 Å². The molecule has 1 aromatic rings. The number of halogens is 6. The van der Waals surface area contributed by atoms with Crippen molar-refractivity contribution in [1.29, 1.82) is 0 Å². The minimum Gasteiger partial charge on any atom is -0.196 e. The van der Waals surface area contributed by atoms with Crippen LogP contribution in [0.25, 0.3) is 6.08 Å². The molecule has 0 bridgehead atoms. The summed E-state index contributed by atoms with van der Waals surface area (Å²) in [6, 6.07) is 4.99. The lowest BCUT2D eigenvalue weighted by atomic mass is 9.88. The first kappa shape index (κ1) is 20.5. The number of allylic oxidation sites excluding steroid dienone is 1. The molecule has 1 heterocycles. The molecule has 0 saturated heterocycles. The predicted octanol–water partition coefficient (Wildman–Crippen LogP) is 6.09. The molecule has 1 saturated carbocycles. The summed E-state index contributed by atoms with van der Waals surface area (Å²) in [6.07, 6.45) is 3.92. The highest BCUT2D eigenvalue weighted by molar-refractivity contribution is 8.37. The zero-order chi connectivity index (χ0) is 20.1. The van der Waals surface area contributed by atoms with Gasteiger partial charge in [0.05, 0.1) is 0 Å². The molecule has 1 aromatic carbocycles. The maximum Gasteiger partial charge on any atom is 0.523 e. The Labute approximate surface area is 154 Å². The molecule has 1 aliphatic heterocycles. The van der Waals surface area contributed by atoms with Crippen molar-refractivity contribution in [3.8, 4) is 0 Å². The maximum atomic E-state index is 14.3. The Morgan fingerprint density at radius 1 is 0.963 bits per heavy atom. The van der Waals surface area contributed by atoms with E-state index in [4.69, 9.17) is 0 Å². The average Bonchev–Trinajstić information content (AvgIpc) is 2.90. The van der Waals surface area contributed by atoms with E-state index in [0.717, 1.165) is 12.5 Å². The summed E-state index contributed by atoms with van der Waals surface area (Å²) in [7, 11) is -11.3. The van der Waals surface area contributed by atoms with E-state index in [9.17, 15) is 34.8 Å². The number of benzene rings is 1. The van der Waals surface area contributed by atoms with Gasteiger partial charge in [-0.2, -0.15) is 38.4 Å². The first-order valence-electron chi connectivity index (χ1n) is 8.13. The van der Waals surface area contributed by atoms with Crippen LogP contribution in [0.5, 0.6) is 0 Å². The summed E-state index contributed by atoms with van der Waals surface area (Å²) >= 11 is 0. The number of alkyl halides is 6. The lowest BCUT2D eigenvalue weighted by Gasteiger charge is -2.42. The van der Waals surface area contributed by atoms with Crippen molar-refractivity contribution >= 4 is 26.5 Å². The highest BCUT2D eigenvalue weighted by Gasteiger charge is 2.64. The molecule has 152 valence electrons. The fraction of sp³-hybridized carbons (Fsp3) is 0.500. The summed E-state index contributed by atoms with van der Waals surface area (Å²) < 4.78 is 109. The minimum absolute atomic E-state index is 0.0442. The van der Waals surface area contributed by atoms with Crippen molar-refractivity contribution in [2.75, 3.05) is 0 Å². The Kier molecular flexibility index (Phi) is 5.09. The summed E-state index contributed by atoms with van der Waals surface area (Å²) in [5.41, 5.74) is -11.2. The van der Waals surface area contributed by atoms with Crippen molar-refractivity contribution in [2.45, 2.75) is 48.0 Å². The quantitative estimate of drug-likeness (QED) is 0.427. The van der Waals surface area contributed by atoms with Gasteiger partial charge < -0.3 is 0 Å². The first-order chi connectivity index (χ1) is 12.4. The van der Waals surface area contributed by atoms with Gasteiger partial charge in [-0.3, -0.25) is 0 Å². The van der Waals surface area contributed by atoms with Crippen LogP contribution in [0.15, 0.2) is 34.1 Å². The molecule has 2 aliphatic rings. The zero-order valence-electron chi connectivity index (χ0n) is 13.8. The standard InChI is InChI=1S/C16H16F6O3S2/c17-15(18,19)26(25-27(23,24)16(20,21)22)13-9-5-4-8-12(13)10-14(26)11-6-2-1-3-7-11/h4-5,8-11H,1-3,6-7H2. The number of hydrogen-bond acceptors (Lipinski definition) is 3. The fourth-order valence-corrected chi connectivity index (χ4v) is 8.31. The van der Waals surface area contributed by atoms with Gasteiger partial charge in [0.25, 0.3) is 0 Å². The van der Waals surface area contributed by atoms with Gasteiger partial charge in [0.1, 0.15) is 0 Å². The molecule has 0 aromatic heterocycles. The molecule has 11 heteroatoms. The molecule has 0 amide bonds. The zero-order valence-corrected chi connectivity index (χ0v) is 15.4. The monoisotopic (exact) mass is 434 g/mol. The van der Waals surface area contributed by atoms with Gasteiger partial charge in [0, 0.05) is 20.1 Å². The maximum absolute atomic E-state index is 14.3. The molecule has 1 atom stereocenters. The molecule has 0 spiro atoms. The van der Waals surface area contributed by atoms with Crippen molar-refractivity contribution in [2.24, 2.45) is 5.92 Å². The summed E-state index contributed by atoms with van der Waals surface area (Å²) in [6.45, 7) is 0. The largest absolute Gasteiger partial charge is 0.523 e. The molecule has 1 fully saturated rings.